The molecule has 4 nitrogen and oxygen atoms in total. The van der Waals surface area contributed by atoms with Gasteiger partial charge in [-0.1, -0.05) is 24.3 Å². The highest BCUT2D eigenvalue weighted by Gasteiger charge is 2.12. The zero-order valence-electron chi connectivity index (χ0n) is 8.69. The van der Waals surface area contributed by atoms with Gasteiger partial charge in [0.25, 0.3) is 0 Å². The van der Waals surface area contributed by atoms with Gasteiger partial charge in [0.15, 0.2) is 5.03 Å². The van der Waals surface area contributed by atoms with E-state index in [-0.39, 0.29) is 5.03 Å². The molecule has 0 radical (unpaired) electrons. The molecule has 88 valence electrons. The molecule has 0 saturated carbocycles. The van der Waals surface area contributed by atoms with Crippen LogP contribution >= 0.6 is 21.0 Å². The largest absolute Gasteiger partial charge is 0.304 e. The number of aromatic nitrogens is 1. The van der Waals surface area contributed by atoms with Crippen LogP contribution < -0.4 is 0 Å². The minimum Gasteiger partial charge on any atom is -0.243 e. The van der Waals surface area contributed by atoms with Crippen LogP contribution in [0.15, 0.2) is 62.3 Å². The van der Waals surface area contributed by atoms with Crippen molar-refractivity contribution in [2.75, 3.05) is 0 Å². The fourth-order valence-electron chi connectivity index (χ4n) is 1.09. The Morgan fingerprint density at radius 2 is 1.71 bits per heavy atom. The van der Waals surface area contributed by atoms with Crippen LogP contribution in [0.25, 0.3) is 0 Å². The number of halogens is 1. The zero-order chi connectivity index (χ0) is 12.1. The standard InChI is InChI=1S/C11H9IN2O2S/c15-17(16,11-8-4-5-9-13-11)14-12-10-6-2-1-3-7-10/h1-9H. The Balaban J connectivity index is 2.28. The third-order valence-electron chi connectivity index (χ3n) is 1.86. The Labute approximate surface area is 110 Å². The topological polar surface area (TPSA) is 59.4 Å². The second kappa shape index (κ2) is 5.46. The molecule has 2 aromatic rings. The first-order valence-corrected chi connectivity index (χ1v) is 8.24. The molecule has 6 heteroatoms. The van der Waals surface area contributed by atoms with Gasteiger partial charge in [0.2, 0.25) is 0 Å². The van der Waals surface area contributed by atoms with Crippen molar-refractivity contribution in [3.63, 3.8) is 0 Å². The predicted octanol–water partition coefficient (Wildman–Crippen LogP) is 2.79. The summed E-state index contributed by atoms with van der Waals surface area (Å²) >= 11 is -0.892. The van der Waals surface area contributed by atoms with Gasteiger partial charge in [0.05, 0.1) is 0 Å². The summed E-state index contributed by atoms with van der Waals surface area (Å²) in [4.78, 5) is 3.80. The van der Waals surface area contributed by atoms with E-state index < -0.39 is 31.1 Å². The van der Waals surface area contributed by atoms with Crippen LogP contribution in [0, 0.1) is 3.57 Å². The van der Waals surface area contributed by atoms with Crippen molar-refractivity contribution >= 4 is 31.1 Å². The molecule has 1 aromatic heterocycles. The highest BCUT2D eigenvalue weighted by molar-refractivity contribution is 14.2. The highest BCUT2D eigenvalue weighted by Crippen LogP contribution is 2.19. The lowest BCUT2D eigenvalue weighted by atomic mass is 10.4. The molecule has 17 heavy (non-hydrogen) atoms. The van der Waals surface area contributed by atoms with Crippen LogP contribution in [-0.4, -0.2) is 13.4 Å². The Hall–Kier alpha value is -1.15. The van der Waals surface area contributed by atoms with Crippen molar-refractivity contribution in [2.24, 2.45) is 2.55 Å². The molecule has 0 saturated heterocycles. The fraction of sp³-hybridized carbons (Fsp3) is 0. The first-order valence-electron chi connectivity index (χ1n) is 4.76. The average molecular weight is 360 g/mol. The average Bonchev–Trinajstić information content (AvgIpc) is 2.39. The van der Waals surface area contributed by atoms with Gasteiger partial charge < -0.3 is 0 Å². The number of pyridine rings is 1. The fourth-order valence-corrected chi connectivity index (χ4v) is 4.58. The van der Waals surface area contributed by atoms with Crippen LogP contribution in [0.5, 0.6) is 0 Å². The SMILES string of the molecule is O=S(=O)(N=Ic1ccccc1)c1ccccn1. The molecule has 0 atom stereocenters. The first-order chi connectivity index (χ1) is 8.18. The maximum Gasteiger partial charge on any atom is 0.304 e. The highest BCUT2D eigenvalue weighted by atomic mass is 127. The van der Waals surface area contributed by atoms with E-state index in [1.54, 1.807) is 12.1 Å². The van der Waals surface area contributed by atoms with Crippen LogP contribution in [0.2, 0.25) is 0 Å². The van der Waals surface area contributed by atoms with Gasteiger partial charge in [0, 0.05) is 30.8 Å². The summed E-state index contributed by atoms with van der Waals surface area (Å²) in [5, 5.41) is 0.00984. The second-order valence-corrected chi connectivity index (χ2v) is 7.51. The van der Waals surface area contributed by atoms with Gasteiger partial charge in [-0.2, -0.15) is 8.42 Å². The zero-order valence-corrected chi connectivity index (χ0v) is 11.7. The van der Waals surface area contributed by atoms with Crippen molar-refractivity contribution in [2.45, 2.75) is 5.03 Å². The number of hydrogen-bond donors (Lipinski definition) is 0. The van der Waals surface area contributed by atoms with Gasteiger partial charge >= 0.3 is 10.0 Å². The quantitative estimate of drug-likeness (QED) is 0.791. The molecule has 0 aliphatic carbocycles. The van der Waals surface area contributed by atoms with Crippen molar-refractivity contribution in [3.8, 4) is 0 Å². The minimum absolute atomic E-state index is 0.00984. The molecule has 0 aliphatic heterocycles. The van der Waals surface area contributed by atoms with Crippen LogP contribution in [0.3, 0.4) is 0 Å². The molecule has 0 aliphatic rings. The summed E-state index contributed by atoms with van der Waals surface area (Å²) in [6.07, 6.45) is 1.45. The van der Waals surface area contributed by atoms with Crippen LogP contribution in [-0.2, 0) is 10.0 Å². The van der Waals surface area contributed by atoms with Crippen molar-refractivity contribution in [3.05, 3.63) is 58.3 Å². The lowest BCUT2D eigenvalue weighted by Gasteiger charge is -1.95. The van der Waals surface area contributed by atoms with Crippen molar-refractivity contribution < 1.29 is 8.42 Å². The molecule has 1 aromatic carbocycles. The normalized spacial score (nSPS) is 12.2. The summed E-state index contributed by atoms with van der Waals surface area (Å²) in [7, 11) is -3.60. The van der Waals surface area contributed by atoms with Crippen LogP contribution in [0.4, 0.5) is 0 Å². The molecular formula is C11H9IN2O2S. The van der Waals surface area contributed by atoms with Gasteiger partial charge in [0.1, 0.15) is 0 Å². The van der Waals surface area contributed by atoms with E-state index in [0.717, 1.165) is 3.57 Å². The lowest BCUT2D eigenvalue weighted by Crippen LogP contribution is -1.97. The minimum atomic E-state index is -3.60. The maximum atomic E-state index is 11.8. The summed E-state index contributed by atoms with van der Waals surface area (Å²) in [6.45, 7) is 0. The first kappa shape index (κ1) is 12.3. The predicted molar refractivity (Wildman–Crippen MR) is 73.0 cm³/mol. The van der Waals surface area contributed by atoms with E-state index in [4.69, 9.17) is 0 Å². The van der Waals surface area contributed by atoms with Crippen LogP contribution in [0.1, 0.15) is 0 Å². The van der Waals surface area contributed by atoms with E-state index >= 15 is 0 Å². The molecule has 0 bridgehead atoms. The number of benzene rings is 1. The number of rotatable bonds is 3. The van der Waals surface area contributed by atoms with E-state index in [1.807, 2.05) is 30.3 Å². The van der Waals surface area contributed by atoms with E-state index in [1.165, 1.54) is 12.3 Å². The van der Waals surface area contributed by atoms with Gasteiger partial charge in [-0.05, 0) is 24.3 Å². The summed E-state index contributed by atoms with van der Waals surface area (Å²) < 4.78 is 28.4. The van der Waals surface area contributed by atoms with Gasteiger partial charge in [-0.25, -0.2) is 4.98 Å². The van der Waals surface area contributed by atoms with Gasteiger partial charge in [-0.15, -0.1) is 2.55 Å². The van der Waals surface area contributed by atoms with Crippen molar-refractivity contribution in [1.29, 1.82) is 0 Å². The smallest absolute Gasteiger partial charge is 0.243 e. The summed E-state index contributed by atoms with van der Waals surface area (Å²) in [5.41, 5.74) is 0. The Morgan fingerprint density at radius 3 is 2.35 bits per heavy atom. The summed E-state index contributed by atoms with van der Waals surface area (Å²) in [5.74, 6) is 0. The Morgan fingerprint density at radius 1 is 1.00 bits per heavy atom. The van der Waals surface area contributed by atoms with E-state index in [9.17, 15) is 8.42 Å². The molecule has 1 heterocycles. The monoisotopic (exact) mass is 360 g/mol. The van der Waals surface area contributed by atoms with Crippen molar-refractivity contribution in [1.82, 2.24) is 4.98 Å². The number of hydrogen-bond acceptors (Lipinski definition) is 3. The number of sulfonamides is 1. The Kier molecular flexibility index (Phi) is 3.95. The molecule has 0 N–H and O–H groups in total. The lowest BCUT2D eigenvalue weighted by molar-refractivity contribution is 0.595. The molecular weight excluding hydrogens is 351 g/mol. The summed E-state index contributed by atoms with van der Waals surface area (Å²) in [6, 6.07) is 14.2. The Bertz CT molecular complexity index is 612. The molecule has 0 amide bonds. The third kappa shape index (κ3) is 3.40. The molecule has 0 spiro atoms. The molecule has 2 rings (SSSR count). The molecule has 0 fully saturated rings. The third-order valence-corrected chi connectivity index (χ3v) is 6.30. The molecule has 0 unspecified atom stereocenters. The van der Waals surface area contributed by atoms with E-state index in [0.29, 0.717) is 0 Å². The maximum absolute atomic E-state index is 11.8. The number of nitrogens with zero attached hydrogens (tertiary/aromatic N) is 2. The van der Waals surface area contributed by atoms with Gasteiger partial charge in [-0.3, -0.25) is 0 Å². The second-order valence-electron chi connectivity index (χ2n) is 3.09. The van der Waals surface area contributed by atoms with E-state index in [2.05, 4.69) is 7.53 Å².